The van der Waals surface area contributed by atoms with E-state index in [1.165, 1.54) is 6.07 Å². The molecule has 1 fully saturated rings. The van der Waals surface area contributed by atoms with Crippen molar-refractivity contribution >= 4 is 29.2 Å². The van der Waals surface area contributed by atoms with Crippen molar-refractivity contribution in [2.45, 2.75) is 18.6 Å². The first kappa shape index (κ1) is 15.6. The third-order valence-electron chi connectivity index (χ3n) is 3.45. The van der Waals surface area contributed by atoms with Crippen molar-refractivity contribution in [3.63, 3.8) is 0 Å². The number of carbonyl (C=O) groups is 1. The molecule has 0 spiro atoms. The maximum Gasteiger partial charge on any atom is 0.300 e. The molecule has 0 saturated carbocycles. The van der Waals surface area contributed by atoms with Crippen LogP contribution in [0.5, 0.6) is 0 Å². The molecule has 1 saturated heterocycles. The van der Waals surface area contributed by atoms with E-state index in [9.17, 15) is 14.9 Å². The highest BCUT2D eigenvalue weighted by Gasteiger charge is 2.29. The number of hydrogen-bond donors (Lipinski definition) is 1. The highest BCUT2D eigenvalue weighted by atomic mass is 32.2. The van der Waals surface area contributed by atoms with Crippen LogP contribution in [0.2, 0.25) is 0 Å². The van der Waals surface area contributed by atoms with Crippen LogP contribution >= 0.6 is 11.8 Å². The normalized spacial score (nSPS) is 18.4. The second kappa shape index (κ2) is 6.75. The Morgan fingerprint density at radius 3 is 3.05 bits per heavy atom. The summed E-state index contributed by atoms with van der Waals surface area (Å²) < 4.78 is 0. The van der Waals surface area contributed by atoms with Crippen molar-refractivity contribution in [3.05, 3.63) is 27.9 Å². The minimum atomic E-state index is -0.560. The number of rotatable bonds is 4. The number of nitrogens with zero attached hydrogens (tertiary/aromatic N) is 3. The lowest BCUT2D eigenvalue weighted by Crippen LogP contribution is -2.42. The molecule has 0 aliphatic carbocycles. The van der Waals surface area contributed by atoms with Gasteiger partial charge in [-0.15, -0.1) is 0 Å². The van der Waals surface area contributed by atoms with E-state index in [2.05, 4.69) is 17.2 Å². The molecule has 2 heterocycles. The second-order valence-electron chi connectivity index (χ2n) is 4.75. The van der Waals surface area contributed by atoms with Gasteiger partial charge in [0.25, 0.3) is 11.6 Å². The minimum Gasteiger partial charge on any atom is -0.373 e. The van der Waals surface area contributed by atoms with Crippen LogP contribution in [-0.2, 0) is 0 Å². The minimum absolute atomic E-state index is 0.0982. The van der Waals surface area contributed by atoms with Crippen molar-refractivity contribution in [3.8, 4) is 0 Å². The lowest BCUT2D eigenvalue weighted by Gasteiger charge is -2.31. The first-order chi connectivity index (χ1) is 10.1. The second-order valence-corrected chi connectivity index (χ2v) is 6.15. The summed E-state index contributed by atoms with van der Waals surface area (Å²) in [6.45, 7) is 3.34. The Balaban J connectivity index is 2.30. The average molecular weight is 310 g/mol. The molecule has 1 aromatic rings. The summed E-state index contributed by atoms with van der Waals surface area (Å²) >= 11 is 1.85. The topological polar surface area (TPSA) is 88.4 Å². The van der Waals surface area contributed by atoms with Crippen LogP contribution in [0.3, 0.4) is 0 Å². The van der Waals surface area contributed by atoms with Crippen LogP contribution in [0.15, 0.2) is 12.3 Å². The molecule has 1 amide bonds. The monoisotopic (exact) mass is 310 g/mol. The van der Waals surface area contributed by atoms with E-state index < -0.39 is 4.92 Å². The number of aromatic nitrogens is 1. The van der Waals surface area contributed by atoms with Gasteiger partial charge in [-0.3, -0.25) is 14.9 Å². The van der Waals surface area contributed by atoms with Gasteiger partial charge in [-0.2, -0.15) is 11.8 Å². The number of carbonyl (C=O) groups excluding carboxylic acids is 1. The van der Waals surface area contributed by atoms with Crippen LogP contribution < -0.4 is 5.32 Å². The molecule has 0 bridgehead atoms. The van der Waals surface area contributed by atoms with Crippen molar-refractivity contribution in [2.75, 3.05) is 31.2 Å². The highest BCUT2D eigenvalue weighted by Crippen LogP contribution is 2.26. The maximum atomic E-state index is 12.6. The van der Waals surface area contributed by atoms with Crippen LogP contribution in [-0.4, -0.2) is 51.9 Å². The van der Waals surface area contributed by atoms with E-state index in [0.29, 0.717) is 24.2 Å². The van der Waals surface area contributed by atoms with E-state index in [1.54, 1.807) is 11.9 Å². The molecule has 1 aliphatic rings. The van der Waals surface area contributed by atoms with Gasteiger partial charge in [0.15, 0.2) is 0 Å². The molecule has 7 nitrogen and oxygen atoms in total. The summed E-state index contributed by atoms with van der Waals surface area (Å²) in [4.78, 5) is 28.8. The molecule has 0 aromatic carbocycles. The number of thioether (sulfide) groups is 1. The van der Waals surface area contributed by atoms with Crippen molar-refractivity contribution in [2.24, 2.45) is 0 Å². The van der Waals surface area contributed by atoms with Crippen molar-refractivity contribution < 1.29 is 9.72 Å². The molecule has 21 heavy (non-hydrogen) atoms. The lowest BCUT2D eigenvalue weighted by molar-refractivity contribution is -0.385. The maximum absolute atomic E-state index is 12.6. The summed E-state index contributed by atoms with van der Waals surface area (Å²) in [5.41, 5.74) is -0.147. The van der Waals surface area contributed by atoms with Crippen molar-refractivity contribution in [1.82, 2.24) is 9.88 Å². The van der Waals surface area contributed by atoms with E-state index in [1.807, 2.05) is 11.8 Å². The molecule has 1 aliphatic heterocycles. The Bertz CT molecular complexity index is 552. The van der Waals surface area contributed by atoms with Gasteiger partial charge in [0.1, 0.15) is 17.6 Å². The van der Waals surface area contributed by atoms with Gasteiger partial charge in [-0.1, -0.05) is 6.92 Å². The van der Waals surface area contributed by atoms with Gasteiger partial charge in [0.2, 0.25) is 0 Å². The van der Waals surface area contributed by atoms with E-state index >= 15 is 0 Å². The standard InChI is InChI=1S/C13H18N4O3S/c1-3-9-8-16(4-5-21-9)13(18)10-6-12(14-2)15-7-11(10)17(19)20/h6-7,9H,3-5,8H2,1-2H3,(H,14,15). The first-order valence-electron chi connectivity index (χ1n) is 6.79. The number of hydrogen-bond acceptors (Lipinski definition) is 6. The molecule has 8 heteroatoms. The number of anilines is 1. The predicted octanol–water partition coefficient (Wildman–Crippen LogP) is 2.00. The average Bonchev–Trinajstić information content (AvgIpc) is 2.53. The zero-order valence-corrected chi connectivity index (χ0v) is 12.9. The van der Waals surface area contributed by atoms with Gasteiger partial charge in [0, 0.05) is 37.2 Å². The fourth-order valence-corrected chi connectivity index (χ4v) is 3.40. The molecule has 2 rings (SSSR count). The third-order valence-corrected chi connectivity index (χ3v) is 4.82. The predicted molar refractivity (Wildman–Crippen MR) is 82.9 cm³/mol. The molecular weight excluding hydrogens is 292 g/mol. The summed E-state index contributed by atoms with van der Waals surface area (Å²) in [6.07, 6.45) is 2.11. The summed E-state index contributed by atoms with van der Waals surface area (Å²) in [5.74, 6) is 1.02. The molecule has 1 unspecified atom stereocenters. The number of nitro groups is 1. The van der Waals surface area contributed by atoms with Crippen LogP contribution in [0.25, 0.3) is 0 Å². The fourth-order valence-electron chi connectivity index (χ4n) is 2.22. The fraction of sp³-hybridized carbons (Fsp3) is 0.538. The van der Waals surface area contributed by atoms with Gasteiger partial charge >= 0.3 is 0 Å². The molecule has 1 aromatic heterocycles. The van der Waals surface area contributed by atoms with Crippen LogP contribution in [0.4, 0.5) is 11.5 Å². The van der Waals surface area contributed by atoms with Crippen LogP contribution in [0, 0.1) is 10.1 Å². The molecular formula is C13H18N4O3S. The Morgan fingerprint density at radius 1 is 1.67 bits per heavy atom. The van der Waals surface area contributed by atoms with Crippen molar-refractivity contribution in [1.29, 1.82) is 0 Å². The van der Waals surface area contributed by atoms with E-state index in [0.717, 1.165) is 18.4 Å². The summed E-state index contributed by atoms with van der Waals surface area (Å²) in [6, 6.07) is 1.45. The van der Waals surface area contributed by atoms with Crippen LogP contribution in [0.1, 0.15) is 23.7 Å². The number of nitrogens with one attached hydrogen (secondary N) is 1. The van der Waals surface area contributed by atoms with Gasteiger partial charge in [-0.05, 0) is 6.42 Å². The smallest absolute Gasteiger partial charge is 0.300 e. The Labute approximate surface area is 127 Å². The largest absolute Gasteiger partial charge is 0.373 e. The summed E-state index contributed by atoms with van der Waals surface area (Å²) in [5, 5.41) is 14.3. The molecule has 114 valence electrons. The van der Waals surface area contributed by atoms with Gasteiger partial charge < -0.3 is 10.2 Å². The SMILES string of the molecule is CCC1CN(C(=O)c2cc(NC)ncc2[N+](=O)[O-])CCS1. The Kier molecular flexibility index (Phi) is 5.00. The van der Waals surface area contributed by atoms with E-state index in [-0.39, 0.29) is 17.2 Å². The van der Waals surface area contributed by atoms with E-state index in [4.69, 9.17) is 0 Å². The highest BCUT2D eigenvalue weighted by molar-refractivity contribution is 8.00. The number of amides is 1. The third kappa shape index (κ3) is 3.44. The number of pyridine rings is 1. The lowest BCUT2D eigenvalue weighted by atomic mass is 10.1. The Hall–Kier alpha value is -1.83. The molecule has 0 radical (unpaired) electrons. The van der Waals surface area contributed by atoms with Gasteiger partial charge in [-0.25, -0.2) is 4.98 Å². The zero-order chi connectivity index (χ0) is 15.4. The quantitative estimate of drug-likeness (QED) is 0.676. The Morgan fingerprint density at radius 2 is 2.43 bits per heavy atom. The first-order valence-corrected chi connectivity index (χ1v) is 7.84. The zero-order valence-electron chi connectivity index (χ0n) is 12.0. The molecule has 1 atom stereocenters. The molecule has 1 N–H and O–H groups in total. The van der Waals surface area contributed by atoms with Gasteiger partial charge in [0.05, 0.1) is 4.92 Å². The summed E-state index contributed by atoms with van der Waals surface area (Å²) in [7, 11) is 1.66.